The lowest BCUT2D eigenvalue weighted by Crippen LogP contribution is -2.24. The average Bonchev–Trinajstić information content (AvgIpc) is 2.91. The Labute approximate surface area is 209 Å². The third kappa shape index (κ3) is 6.39. The fraction of sp³-hybridized carbons (Fsp3) is 0.207. The molecule has 36 heavy (non-hydrogen) atoms. The Bertz CT molecular complexity index is 1400. The minimum absolute atomic E-state index is 0.0674. The van der Waals surface area contributed by atoms with Gasteiger partial charge in [-0.25, -0.2) is 0 Å². The molecule has 0 aliphatic rings. The molecule has 0 radical (unpaired) electrons. The highest BCUT2D eigenvalue weighted by atomic mass is 16.5. The number of carbonyl (C=O) groups excluding carboxylic acids is 2. The van der Waals surface area contributed by atoms with Gasteiger partial charge in [0.25, 0.3) is 5.91 Å². The molecule has 0 saturated carbocycles. The fourth-order valence-electron chi connectivity index (χ4n) is 3.83. The van der Waals surface area contributed by atoms with Gasteiger partial charge in [-0.1, -0.05) is 24.6 Å². The van der Waals surface area contributed by atoms with Gasteiger partial charge < -0.3 is 19.8 Å². The van der Waals surface area contributed by atoms with Gasteiger partial charge in [-0.15, -0.1) is 0 Å². The van der Waals surface area contributed by atoms with Crippen molar-refractivity contribution in [1.29, 1.82) is 0 Å². The summed E-state index contributed by atoms with van der Waals surface area (Å²) in [5, 5.41) is 6.24. The van der Waals surface area contributed by atoms with Crippen LogP contribution in [0.4, 0.5) is 5.69 Å². The predicted octanol–water partition coefficient (Wildman–Crippen LogP) is 5.40. The molecule has 0 fully saturated rings. The summed E-state index contributed by atoms with van der Waals surface area (Å²) >= 11 is 0. The van der Waals surface area contributed by atoms with E-state index in [-0.39, 0.29) is 17.2 Å². The number of nitrogens with one attached hydrogen (secondary N) is 2. The molecule has 0 saturated heterocycles. The monoisotopic (exact) mass is 484 g/mol. The number of methoxy groups -OCH3 is 1. The van der Waals surface area contributed by atoms with E-state index in [1.54, 1.807) is 61.7 Å². The van der Waals surface area contributed by atoms with E-state index in [9.17, 15) is 14.4 Å². The predicted molar refractivity (Wildman–Crippen MR) is 140 cm³/mol. The third-order valence-corrected chi connectivity index (χ3v) is 5.79. The standard InChI is InChI=1S/C29H28N2O5/c1-35-23-15-16-26-24(18-23)25(32)19-27(36-26)20-11-13-22(14-12-20)31-28(33)10-6-3-7-17-30-29(34)21-8-4-2-5-9-21/h2,4-5,8-9,11-16,18-19H,3,6-7,10,17H2,1H3,(H,30,34)(H,31,33). The van der Waals surface area contributed by atoms with Crippen LogP contribution >= 0.6 is 0 Å². The number of benzene rings is 3. The van der Waals surface area contributed by atoms with E-state index in [2.05, 4.69) is 10.6 Å². The number of carbonyl (C=O) groups is 2. The summed E-state index contributed by atoms with van der Waals surface area (Å²) in [6.07, 6.45) is 2.79. The Morgan fingerprint density at radius 1 is 0.889 bits per heavy atom. The largest absolute Gasteiger partial charge is 0.497 e. The zero-order valence-corrected chi connectivity index (χ0v) is 20.1. The molecule has 3 aromatic carbocycles. The first-order chi connectivity index (χ1) is 17.5. The second-order valence-corrected chi connectivity index (χ2v) is 8.40. The summed E-state index contributed by atoms with van der Waals surface area (Å²) in [5.74, 6) is 0.898. The van der Waals surface area contributed by atoms with Crippen LogP contribution in [0.25, 0.3) is 22.3 Å². The molecule has 0 aliphatic heterocycles. The Hall–Kier alpha value is -4.39. The number of hydrogen-bond acceptors (Lipinski definition) is 5. The van der Waals surface area contributed by atoms with E-state index < -0.39 is 0 Å². The summed E-state index contributed by atoms with van der Waals surface area (Å²) in [4.78, 5) is 36.8. The number of rotatable bonds is 10. The number of amides is 2. The smallest absolute Gasteiger partial charge is 0.251 e. The van der Waals surface area contributed by atoms with Crippen LogP contribution in [-0.2, 0) is 4.79 Å². The number of anilines is 1. The van der Waals surface area contributed by atoms with Crippen LogP contribution in [0.2, 0.25) is 0 Å². The Morgan fingerprint density at radius 2 is 1.67 bits per heavy atom. The average molecular weight is 485 g/mol. The highest BCUT2D eigenvalue weighted by molar-refractivity contribution is 5.94. The van der Waals surface area contributed by atoms with Gasteiger partial charge in [0.1, 0.15) is 17.1 Å². The molecule has 4 aromatic rings. The molecule has 2 N–H and O–H groups in total. The van der Waals surface area contributed by atoms with E-state index in [1.165, 1.54) is 6.07 Å². The van der Waals surface area contributed by atoms with Gasteiger partial charge in [0.05, 0.1) is 12.5 Å². The van der Waals surface area contributed by atoms with Crippen LogP contribution in [-0.4, -0.2) is 25.5 Å². The van der Waals surface area contributed by atoms with Crippen molar-refractivity contribution in [3.63, 3.8) is 0 Å². The van der Waals surface area contributed by atoms with Crippen LogP contribution < -0.4 is 20.8 Å². The molecular weight excluding hydrogens is 456 g/mol. The number of unbranched alkanes of at least 4 members (excludes halogenated alkanes) is 2. The van der Waals surface area contributed by atoms with Crippen molar-refractivity contribution in [2.24, 2.45) is 0 Å². The summed E-state index contributed by atoms with van der Waals surface area (Å²) in [6.45, 7) is 0.579. The summed E-state index contributed by atoms with van der Waals surface area (Å²) in [6, 6.07) is 22.8. The van der Waals surface area contributed by atoms with E-state index in [0.717, 1.165) is 24.8 Å². The summed E-state index contributed by atoms with van der Waals surface area (Å²) < 4.78 is 11.1. The van der Waals surface area contributed by atoms with Crippen LogP contribution in [0.15, 0.2) is 88.1 Å². The first-order valence-corrected chi connectivity index (χ1v) is 11.9. The van der Waals surface area contributed by atoms with Crippen LogP contribution in [0, 0.1) is 0 Å². The molecule has 0 bridgehead atoms. The van der Waals surface area contributed by atoms with Gasteiger partial charge in [-0.3, -0.25) is 14.4 Å². The second-order valence-electron chi connectivity index (χ2n) is 8.40. The maximum atomic E-state index is 12.5. The third-order valence-electron chi connectivity index (χ3n) is 5.79. The van der Waals surface area contributed by atoms with Crippen molar-refractivity contribution in [1.82, 2.24) is 5.32 Å². The molecule has 1 heterocycles. The van der Waals surface area contributed by atoms with Crippen molar-refractivity contribution < 1.29 is 18.7 Å². The number of hydrogen-bond donors (Lipinski definition) is 2. The molecule has 1 aromatic heterocycles. The maximum Gasteiger partial charge on any atom is 0.251 e. The second kappa shape index (κ2) is 11.8. The lowest BCUT2D eigenvalue weighted by molar-refractivity contribution is -0.116. The lowest BCUT2D eigenvalue weighted by atomic mass is 10.1. The molecular formula is C29H28N2O5. The molecule has 0 aliphatic carbocycles. The minimum Gasteiger partial charge on any atom is -0.497 e. The summed E-state index contributed by atoms with van der Waals surface area (Å²) in [7, 11) is 1.55. The van der Waals surface area contributed by atoms with Crippen molar-refractivity contribution in [3.8, 4) is 17.1 Å². The molecule has 7 heteroatoms. The maximum absolute atomic E-state index is 12.5. The topological polar surface area (TPSA) is 97.6 Å². The zero-order valence-electron chi connectivity index (χ0n) is 20.1. The SMILES string of the molecule is COc1ccc2oc(-c3ccc(NC(=O)CCCCCNC(=O)c4ccccc4)cc3)cc(=O)c2c1. The molecule has 0 atom stereocenters. The van der Waals surface area contributed by atoms with Crippen molar-refractivity contribution in [3.05, 3.63) is 94.6 Å². The van der Waals surface area contributed by atoms with Crippen LogP contribution in [0.1, 0.15) is 36.0 Å². The van der Waals surface area contributed by atoms with Crippen LogP contribution in [0.5, 0.6) is 5.75 Å². The number of fused-ring (bicyclic) bond motifs is 1. The molecule has 4 rings (SSSR count). The normalized spacial score (nSPS) is 10.7. The Morgan fingerprint density at radius 3 is 2.42 bits per heavy atom. The first kappa shape index (κ1) is 24.7. The zero-order chi connectivity index (χ0) is 25.3. The van der Waals surface area contributed by atoms with Gasteiger partial charge in [0.2, 0.25) is 5.91 Å². The number of ether oxygens (including phenoxy) is 1. The van der Waals surface area contributed by atoms with Crippen molar-refractivity contribution in [2.45, 2.75) is 25.7 Å². The molecule has 7 nitrogen and oxygen atoms in total. The van der Waals surface area contributed by atoms with Gasteiger partial charge in [-0.05, 0) is 67.4 Å². The highest BCUT2D eigenvalue weighted by Gasteiger charge is 2.09. The molecule has 2 amide bonds. The first-order valence-electron chi connectivity index (χ1n) is 11.9. The lowest BCUT2D eigenvalue weighted by Gasteiger charge is -2.08. The van der Waals surface area contributed by atoms with E-state index >= 15 is 0 Å². The Kier molecular flexibility index (Phi) is 8.13. The quantitative estimate of drug-likeness (QED) is 0.294. The summed E-state index contributed by atoms with van der Waals surface area (Å²) in [5.41, 5.74) is 2.39. The van der Waals surface area contributed by atoms with Crippen molar-refractivity contribution >= 4 is 28.5 Å². The highest BCUT2D eigenvalue weighted by Crippen LogP contribution is 2.25. The molecule has 184 valence electrons. The molecule has 0 unspecified atom stereocenters. The fourth-order valence-corrected chi connectivity index (χ4v) is 3.83. The van der Waals surface area contributed by atoms with Crippen LogP contribution in [0.3, 0.4) is 0 Å². The van der Waals surface area contributed by atoms with Crippen molar-refractivity contribution in [2.75, 3.05) is 19.0 Å². The minimum atomic E-state index is -0.151. The van der Waals surface area contributed by atoms with Gasteiger partial charge in [0, 0.05) is 35.8 Å². The van der Waals surface area contributed by atoms with E-state index in [4.69, 9.17) is 9.15 Å². The van der Waals surface area contributed by atoms with Gasteiger partial charge in [0.15, 0.2) is 5.43 Å². The van der Waals surface area contributed by atoms with Gasteiger partial charge in [-0.2, -0.15) is 0 Å². The van der Waals surface area contributed by atoms with E-state index in [1.807, 2.05) is 18.2 Å². The van der Waals surface area contributed by atoms with E-state index in [0.29, 0.717) is 46.7 Å². The van der Waals surface area contributed by atoms with Gasteiger partial charge >= 0.3 is 0 Å². The Balaban J connectivity index is 1.23. The molecule has 0 spiro atoms.